The number of benzene rings is 2. The highest BCUT2D eigenvalue weighted by molar-refractivity contribution is 14.1. The highest BCUT2D eigenvalue weighted by Gasteiger charge is 2.46. The van der Waals surface area contributed by atoms with E-state index in [9.17, 15) is 61.8 Å². The van der Waals surface area contributed by atoms with E-state index in [1.807, 2.05) is 34.1 Å². The Labute approximate surface area is 552 Å². The van der Waals surface area contributed by atoms with Gasteiger partial charge in [-0.25, -0.2) is 8.78 Å². The average Bonchev–Trinajstić information content (AvgIpc) is 1.81. The van der Waals surface area contributed by atoms with E-state index >= 15 is 0 Å². The molecular weight excluding hydrogens is 1330 g/mol. The molecule has 0 aliphatic carbocycles. The molecule has 6 rings (SSSR count). The lowest BCUT2D eigenvalue weighted by molar-refractivity contribution is -0.147. The molecule has 3 saturated heterocycles. The molecule has 93 heavy (non-hydrogen) atoms. The molecule has 3 aliphatic rings. The summed E-state index contributed by atoms with van der Waals surface area (Å²) >= 11 is 2.23. The minimum Gasteiger partial charge on any atom is -0.494 e. The number of nitrogens with zero attached hydrogens (tertiary/aromatic N) is 8. The summed E-state index contributed by atoms with van der Waals surface area (Å²) in [6.07, 6.45) is 7.77. The normalized spacial score (nSPS) is 17.7. The lowest BCUT2D eigenvalue weighted by Crippen LogP contribution is -2.58. The molecule has 4 heterocycles. The third-order valence-corrected chi connectivity index (χ3v) is 16.5. The molecule has 1 aromatic heterocycles. The minimum absolute atomic E-state index is 0.0497. The molecule has 0 radical (unpaired) electrons. The molecule has 28 nitrogen and oxygen atoms in total. The van der Waals surface area contributed by atoms with Gasteiger partial charge < -0.3 is 59.9 Å². The van der Waals surface area contributed by atoms with Gasteiger partial charge in [0.2, 0.25) is 29.5 Å². The van der Waals surface area contributed by atoms with Crippen LogP contribution in [0.15, 0.2) is 54.7 Å². The fourth-order valence-corrected chi connectivity index (χ4v) is 11.1. The van der Waals surface area contributed by atoms with Crippen molar-refractivity contribution in [2.45, 2.75) is 69.0 Å². The number of terminal acetylenes is 1. The van der Waals surface area contributed by atoms with Gasteiger partial charge in [-0.05, 0) is 90.2 Å². The summed E-state index contributed by atoms with van der Waals surface area (Å²) in [6, 6.07) is 10.7. The molecule has 6 amide bonds. The van der Waals surface area contributed by atoms with Crippen LogP contribution in [0.1, 0.15) is 54.4 Å². The van der Waals surface area contributed by atoms with Gasteiger partial charge in [0.1, 0.15) is 31.3 Å². The number of methoxy groups -OCH3 is 1. The number of hydrogen-bond donors (Lipinski definition) is 5. The number of aliphatic carboxylic acids is 1. The van der Waals surface area contributed by atoms with E-state index < -0.39 is 91.5 Å². The molecule has 3 aliphatic heterocycles. The molecule has 3 atom stereocenters. The number of nitrogens with one attached hydrogen (secondary N) is 4. The van der Waals surface area contributed by atoms with Crippen molar-refractivity contribution in [3.63, 3.8) is 0 Å². The van der Waals surface area contributed by atoms with Crippen molar-refractivity contribution < 1.29 is 85.5 Å². The Morgan fingerprint density at radius 2 is 1.42 bits per heavy atom. The quantitative estimate of drug-likeness (QED) is 0.0131. The van der Waals surface area contributed by atoms with Gasteiger partial charge in [0.15, 0.2) is 0 Å². The van der Waals surface area contributed by atoms with Gasteiger partial charge in [-0.3, -0.25) is 77.4 Å². The first-order chi connectivity index (χ1) is 44.8. The van der Waals surface area contributed by atoms with Gasteiger partial charge in [-0.1, -0.05) is 18.1 Å². The van der Waals surface area contributed by atoms with Gasteiger partial charge in [-0.2, -0.15) is 0 Å². The number of carboxylic acid groups (broad SMARTS) is 1. The van der Waals surface area contributed by atoms with Crippen molar-refractivity contribution in [2.24, 2.45) is 0 Å². The fourth-order valence-electron chi connectivity index (χ4n) is 10.7. The maximum atomic E-state index is 14.4. The fraction of sp³-hybridized carbons (Fsp3) is 0.565. The van der Waals surface area contributed by atoms with Gasteiger partial charge in [-0.15, -0.1) is 6.42 Å². The topological polar surface area (TPSA) is 321 Å². The van der Waals surface area contributed by atoms with E-state index in [4.69, 9.17) is 30.1 Å². The van der Waals surface area contributed by atoms with Crippen molar-refractivity contribution in [1.29, 1.82) is 0 Å². The summed E-state index contributed by atoms with van der Waals surface area (Å²) in [4.78, 5) is 145. The van der Waals surface area contributed by atoms with E-state index in [1.165, 1.54) is 17.2 Å². The van der Waals surface area contributed by atoms with Crippen LogP contribution in [0.2, 0.25) is 0 Å². The number of esters is 1. The van der Waals surface area contributed by atoms with Crippen LogP contribution in [0, 0.1) is 15.9 Å². The number of aromatic nitrogens is 1. The Morgan fingerprint density at radius 3 is 2.05 bits per heavy atom. The Kier molecular flexibility index (Phi) is 31.2. The average molecular weight is 1420 g/mol. The number of alkyl halides is 2. The van der Waals surface area contributed by atoms with Gasteiger partial charge in [0.25, 0.3) is 24.8 Å². The molecule has 0 bridgehead atoms. The lowest BCUT2D eigenvalue weighted by Gasteiger charge is -2.36. The molecule has 0 saturated carbocycles. The first-order valence-corrected chi connectivity index (χ1v) is 31.8. The van der Waals surface area contributed by atoms with Crippen LogP contribution in [0.4, 0.5) is 8.78 Å². The predicted molar refractivity (Wildman–Crippen MR) is 340 cm³/mol. The number of carboxylic acids is 1. The van der Waals surface area contributed by atoms with Crippen molar-refractivity contribution in [3.8, 4) is 18.1 Å². The third kappa shape index (κ3) is 25.9. The van der Waals surface area contributed by atoms with Crippen LogP contribution in [-0.2, 0) is 68.5 Å². The predicted octanol–water partition coefficient (Wildman–Crippen LogP) is -0.00260. The SMILES string of the molecule is C#C[C@H]1CC(F)(F)CN1C(=O)CNC(=O)c1ccnc2ccc(OCCCN3CCN(C(=O)[C@H](CC(=O)OC)NC(=O)[C@H](CCOCCNC(=O)CCCc4ccc(I)cc4)NC(=O)CN4CCN(COC=O)CCN(COC=O)CCN(CC(=O)O)CC4)CC3)cc12. The number of ether oxygens (including phenoxy) is 5. The lowest BCUT2D eigenvalue weighted by atomic mass is 10.1. The van der Waals surface area contributed by atoms with Crippen LogP contribution < -0.4 is 26.0 Å². The molecule has 508 valence electrons. The third-order valence-electron chi connectivity index (χ3n) is 15.8. The highest BCUT2D eigenvalue weighted by Crippen LogP contribution is 2.32. The standard InChI is InChI=1S/C62H83F2IN12O16/c1-3-47-36-62(63,64)40-77(47)56(82)37-68-59(86)49-14-16-66-51-13-12-48(34-50(49)51)93-31-5-18-71-27-29-76(30-28-71)61(88)53(35-58(85)89-2)70-60(87)52(15-32-90-33-17-67-54(80)7-4-6-45-8-10-46(65)11-9-45)69-55(81)38-72-19-20-73(39-57(83)84)22-24-75(42-92-44-79)26-25-74(23-21-72)41-91-43-78/h1,8-14,16,34,43-44,47,52-53H,4-7,15,17-33,35-42H2,2H3,(H,67,80)(H,68,86)(H,69,81)(H,70,87)(H,83,84)/t47-,52-,53-/m0/s1. The smallest absolute Gasteiger partial charge is 0.317 e. The molecular formula is C62H83F2IN12O16. The largest absolute Gasteiger partial charge is 0.494 e. The van der Waals surface area contributed by atoms with Crippen LogP contribution >= 0.6 is 22.6 Å². The van der Waals surface area contributed by atoms with Gasteiger partial charge >= 0.3 is 11.9 Å². The van der Waals surface area contributed by atoms with E-state index in [2.05, 4.69) is 59.7 Å². The van der Waals surface area contributed by atoms with Crippen molar-refractivity contribution in [3.05, 3.63) is 69.4 Å². The highest BCUT2D eigenvalue weighted by atomic mass is 127. The molecule has 3 aromatic rings. The number of halogens is 3. The Morgan fingerprint density at radius 1 is 0.774 bits per heavy atom. The first-order valence-electron chi connectivity index (χ1n) is 30.7. The van der Waals surface area contributed by atoms with Gasteiger partial charge in [0.05, 0.1) is 70.0 Å². The zero-order chi connectivity index (χ0) is 67.1. The molecule has 5 N–H and O–H groups in total. The Hall–Kier alpha value is -7.74. The second-order valence-electron chi connectivity index (χ2n) is 22.5. The van der Waals surface area contributed by atoms with Crippen LogP contribution in [0.25, 0.3) is 10.9 Å². The number of fused-ring (bicyclic) bond motifs is 1. The van der Waals surface area contributed by atoms with Crippen molar-refractivity contribution in [1.82, 2.24) is 60.6 Å². The molecule has 0 spiro atoms. The summed E-state index contributed by atoms with van der Waals surface area (Å²) < 4.78 is 56.1. The Bertz CT molecular complexity index is 3030. The summed E-state index contributed by atoms with van der Waals surface area (Å²) in [5.74, 6) is -5.81. The zero-order valence-corrected chi connectivity index (χ0v) is 54.3. The Balaban J connectivity index is 1.05. The van der Waals surface area contributed by atoms with E-state index in [0.717, 1.165) is 27.6 Å². The first kappa shape index (κ1) is 74.3. The van der Waals surface area contributed by atoms with E-state index in [-0.39, 0.29) is 117 Å². The molecule has 0 unspecified atom stereocenters. The van der Waals surface area contributed by atoms with E-state index in [1.54, 1.807) is 28.0 Å². The molecule has 2 aromatic carbocycles. The monoisotopic (exact) mass is 1420 g/mol. The number of aryl methyl sites for hydroxylation is 1. The summed E-state index contributed by atoms with van der Waals surface area (Å²) in [6.45, 7) is 3.02. The molecule has 31 heteroatoms. The summed E-state index contributed by atoms with van der Waals surface area (Å²) in [5.41, 5.74) is 1.78. The summed E-state index contributed by atoms with van der Waals surface area (Å²) in [5, 5.41) is 21.0. The summed E-state index contributed by atoms with van der Waals surface area (Å²) in [7, 11) is 1.15. The minimum atomic E-state index is -3.13. The van der Waals surface area contributed by atoms with Gasteiger partial charge in [0, 0.05) is 126 Å². The van der Waals surface area contributed by atoms with Crippen molar-refractivity contribution >= 4 is 93.8 Å². The van der Waals surface area contributed by atoms with E-state index in [0.29, 0.717) is 88.1 Å². The number of hydrogen-bond acceptors (Lipinski definition) is 21. The number of piperazine rings is 1. The number of carbonyl (C=O) groups is 10. The van der Waals surface area contributed by atoms with Crippen LogP contribution in [0.5, 0.6) is 5.75 Å². The zero-order valence-electron chi connectivity index (χ0n) is 52.2. The molecule has 3 fully saturated rings. The number of rotatable bonds is 34. The van der Waals surface area contributed by atoms with Crippen molar-refractivity contribution in [2.75, 3.05) is 158 Å². The van der Waals surface area contributed by atoms with Crippen LogP contribution in [0.3, 0.4) is 0 Å². The number of amides is 6. The number of likely N-dealkylation sites (tertiary alicyclic amines) is 1. The second kappa shape index (κ2) is 39.1. The maximum Gasteiger partial charge on any atom is 0.317 e. The van der Waals surface area contributed by atoms with Crippen LogP contribution in [-0.4, -0.2) is 287 Å². The second-order valence-corrected chi connectivity index (χ2v) is 23.8. The maximum absolute atomic E-state index is 14.4. The number of carbonyl (C=O) groups excluding carboxylic acids is 9. The number of pyridine rings is 1.